The molecule has 2 nitrogen and oxygen atoms in total. The van der Waals surface area contributed by atoms with E-state index in [4.69, 9.17) is 0 Å². The third-order valence-electron chi connectivity index (χ3n) is 3.52. The Kier molecular flexibility index (Phi) is 4.75. The zero-order valence-corrected chi connectivity index (χ0v) is 12.3. The molecule has 0 radical (unpaired) electrons. The van der Waals surface area contributed by atoms with Crippen molar-refractivity contribution < 1.29 is 9.18 Å². The van der Waals surface area contributed by atoms with Crippen LogP contribution in [0.25, 0.3) is 0 Å². The first-order chi connectivity index (χ1) is 9.13. The molecular weight excluding hydrogens is 309 g/mol. The molecule has 4 heteroatoms. The zero-order chi connectivity index (χ0) is 13.8. The highest BCUT2D eigenvalue weighted by molar-refractivity contribution is 9.10. The van der Waals surface area contributed by atoms with Gasteiger partial charge in [0, 0.05) is 18.2 Å². The highest BCUT2D eigenvalue weighted by atomic mass is 79.9. The lowest BCUT2D eigenvalue weighted by Gasteiger charge is -2.28. The standard InChI is InChI=1S/C15H17BrFNO/c1-2-9-18(12-5-3-4-6-12)15(19)11-7-8-14(17)13(16)10-11/h2,7-8,10,12H,1,3-6,9H2. The summed E-state index contributed by atoms with van der Waals surface area (Å²) in [5, 5.41) is 0. The molecule has 0 unspecified atom stereocenters. The lowest BCUT2D eigenvalue weighted by atomic mass is 10.1. The minimum Gasteiger partial charge on any atom is -0.332 e. The zero-order valence-electron chi connectivity index (χ0n) is 10.7. The lowest BCUT2D eigenvalue weighted by molar-refractivity contribution is 0.0706. The molecule has 1 aromatic carbocycles. The molecule has 0 aromatic heterocycles. The van der Waals surface area contributed by atoms with Crippen LogP contribution in [0.3, 0.4) is 0 Å². The molecule has 1 aliphatic carbocycles. The van der Waals surface area contributed by atoms with Crippen molar-refractivity contribution in [2.24, 2.45) is 0 Å². The van der Waals surface area contributed by atoms with Crippen molar-refractivity contribution in [2.75, 3.05) is 6.54 Å². The summed E-state index contributed by atoms with van der Waals surface area (Å²) in [6.07, 6.45) is 6.16. The van der Waals surface area contributed by atoms with Gasteiger partial charge in [-0.2, -0.15) is 0 Å². The van der Waals surface area contributed by atoms with Crippen LogP contribution >= 0.6 is 15.9 Å². The summed E-state index contributed by atoms with van der Waals surface area (Å²) < 4.78 is 13.5. The fourth-order valence-corrected chi connectivity index (χ4v) is 2.93. The molecule has 0 spiro atoms. The Morgan fingerprint density at radius 3 is 2.74 bits per heavy atom. The third kappa shape index (κ3) is 3.24. The van der Waals surface area contributed by atoms with Gasteiger partial charge in [0.15, 0.2) is 0 Å². The van der Waals surface area contributed by atoms with E-state index in [0.717, 1.165) is 12.8 Å². The maximum absolute atomic E-state index is 13.2. The van der Waals surface area contributed by atoms with Crippen molar-refractivity contribution in [3.63, 3.8) is 0 Å². The number of hydrogen-bond acceptors (Lipinski definition) is 1. The molecule has 0 heterocycles. The summed E-state index contributed by atoms with van der Waals surface area (Å²) in [4.78, 5) is 14.4. The fraction of sp³-hybridized carbons (Fsp3) is 0.400. The first-order valence-corrected chi connectivity index (χ1v) is 7.29. The second kappa shape index (κ2) is 6.33. The van der Waals surface area contributed by atoms with Gasteiger partial charge in [0.05, 0.1) is 4.47 Å². The van der Waals surface area contributed by atoms with E-state index < -0.39 is 0 Å². The Morgan fingerprint density at radius 2 is 2.16 bits per heavy atom. The Bertz CT molecular complexity index is 483. The van der Waals surface area contributed by atoms with E-state index in [1.54, 1.807) is 12.1 Å². The normalized spacial score (nSPS) is 15.5. The summed E-state index contributed by atoms with van der Waals surface area (Å²) in [7, 11) is 0. The first-order valence-electron chi connectivity index (χ1n) is 6.50. The van der Waals surface area contributed by atoms with E-state index in [1.807, 2.05) is 4.90 Å². The average Bonchev–Trinajstić information content (AvgIpc) is 2.92. The second-order valence-corrected chi connectivity index (χ2v) is 5.67. The molecule has 19 heavy (non-hydrogen) atoms. The van der Waals surface area contributed by atoms with Crippen molar-refractivity contribution in [2.45, 2.75) is 31.7 Å². The minimum absolute atomic E-state index is 0.0486. The molecular formula is C15H17BrFNO. The fourth-order valence-electron chi connectivity index (χ4n) is 2.55. The van der Waals surface area contributed by atoms with Gasteiger partial charge in [-0.15, -0.1) is 6.58 Å². The van der Waals surface area contributed by atoms with E-state index in [9.17, 15) is 9.18 Å². The number of benzene rings is 1. The Hall–Kier alpha value is -1.16. The van der Waals surface area contributed by atoms with Crippen LogP contribution in [0.15, 0.2) is 35.3 Å². The first kappa shape index (κ1) is 14.3. The SMILES string of the molecule is C=CCN(C(=O)c1ccc(F)c(Br)c1)C1CCCC1. The molecule has 0 atom stereocenters. The van der Waals surface area contributed by atoms with Gasteiger partial charge in [-0.3, -0.25) is 4.79 Å². The average molecular weight is 326 g/mol. The van der Waals surface area contributed by atoms with Crippen LogP contribution in [0.5, 0.6) is 0 Å². The topological polar surface area (TPSA) is 20.3 Å². The van der Waals surface area contributed by atoms with Gasteiger partial charge in [-0.1, -0.05) is 18.9 Å². The van der Waals surface area contributed by atoms with Crippen molar-refractivity contribution >= 4 is 21.8 Å². The van der Waals surface area contributed by atoms with E-state index in [-0.39, 0.29) is 17.8 Å². The molecule has 1 fully saturated rings. The van der Waals surface area contributed by atoms with Gasteiger partial charge in [0.2, 0.25) is 0 Å². The van der Waals surface area contributed by atoms with Gasteiger partial charge in [-0.05, 0) is 47.0 Å². The van der Waals surface area contributed by atoms with Crippen LogP contribution in [0.4, 0.5) is 4.39 Å². The number of hydrogen-bond donors (Lipinski definition) is 0. The molecule has 0 bridgehead atoms. The summed E-state index contributed by atoms with van der Waals surface area (Å²) >= 11 is 3.12. The Morgan fingerprint density at radius 1 is 1.47 bits per heavy atom. The number of carbonyl (C=O) groups excluding carboxylic acids is 1. The number of carbonyl (C=O) groups is 1. The molecule has 0 N–H and O–H groups in total. The number of nitrogens with zero attached hydrogens (tertiary/aromatic N) is 1. The second-order valence-electron chi connectivity index (χ2n) is 4.81. The van der Waals surface area contributed by atoms with Crippen molar-refractivity contribution in [1.29, 1.82) is 0 Å². The van der Waals surface area contributed by atoms with Crippen molar-refractivity contribution in [3.05, 3.63) is 46.7 Å². The largest absolute Gasteiger partial charge is 0.332 e. The van der Waals surface area contributed by atoms with E-state index in [0.29, 0.717) is 16.6 Å². The predicted octanol–water partition coefficient (Wildman–Crippen LogP) is 4.16. The molecule has 0 aliphatic heterocycles. The molecule has 1 amide bonds. The highest BCUT2D eigenvalue weighted by Gasteiger charge is 2.26. The minimum atomic E-state index is -0.354. The number of amides is 1. The molecule has 1 saturated carbocycles. The maximum atomic E-state index is 13.2. The summed E-state index contributed by atoms with van der Waals surface area (Å²) in [6, 6.07) is 4.68. The maximum Gasteiger partial charge on any atom is 0.254 e. The monoisotopic (exact) mass is 325 g/mol. The van der Waals surface area contributed by atoms with Crippen LogP contribution in [-0.4, -0.2) is 23.4 Å². The molecule has 2 rings (SSSR count). The van der Waals surface area contributed by atoms with Crippen LogP contribution in [0, 0.1) is 5.82 Å². The highest BCUT2D eigenvalue weighted by Crippen LogP contribution is 2.26. The quantitative estimate of drug-likeness (QED) is 0.761. The van der Waals surface area contributed by atoms with Crippen LogP contribution in [-0.2, 0) is 0 Å². The Balaban J connectivity index is 2.22. The van der Waals surface area contributed by atoms with Crippen LogP contribution in [0.2, 0.25) is 0 Å². The molecule has 1 aliphatic rings. The van der Waals surface area contributed by atoms with Crippen LogP contribution in [0.1, 0.15) is 36.0 Å². The van der Waals surface area contributed by atoms with Gasteiger partial charge >= 0.3 is 0 Å². The van der Waals surface area contributed by atoms with Crippen LogP contribution < -0.4 is 0 Å². The van der Waals surface area contributed by atoms with E-state index in [2.05, 4.69) is 22.5 Å². The summed E-state index contributed by atoms with van der Waals surface area (Å²) in [5.74, 6) is -0.403. The van der Waals surface area contributed by atoms with Crippen molar-refractivity contribution in [3.8, 4) is 0 Å². The summed E-state index contributed by atoms with van der Waals surface area (Å²) in [6.45, 7) is 4.26. The van der Waals surface area contributed by atoms with E-state index in [1.165, 1.54) is 25.0 Å². The molecule has 1 aromatic rings. The number of halogens is 2. The van der Waals surface area contributed by atoms with Gasteiger partial charge in [0.1, 0.15) is 5.82 Å². The van der Waals surface area contributed by atoms with Gasteiger partial charge in [-0.25, -0.2) is 4.39 Å². The number of rotatable bonds is 4. The van der Waals surface area contributed by atoms with Crippen molar-refractivity contribution in [1.82, 2.24) is 4.90 Å². The van der Waals surface area contributed by atoms with Gasteiger partial charge in [0.25, 0.3) is 5.91 Å². The predicted molar refractivity (Wildman–Crippen MR) is 77.6 cm³/mol. The smallest absolute Gasteiger partial charge is 0.254 e. The third-order valence-corrected chi connectivity index (χ3v) is 4.13. The summed E-state index contributed by atoms with van der Waals surface area (Å²) in [5.41, 5.74) is 0.516. The molecule has 102 valence electrons. The Labute approximate surface area is 121 Å². The molecule has 0 saturated heterocycles. The van der Waals surface area contributed by atoms with E-state index >= 15 is 0 Å². The lowest BCUT2D eigenvalue weighted by Crippen LogP contribution is -2.38. The van der Waals surface area contributed by atoms with Gasteiger partial charge < -0.3 is 4.90 Å².